The number of fused-ring (bicyclic) bond motifs is 1. The van der Waals surface area contributed by atoms with Crippen molar-refractivity contribution in [1.29, 1.82) is 0 Å². The lowest BCUT2D eigenvalue weighted by Crippen LogP contribution is -2.26. The molecule has 2 aromatic rings. The zero-order chi connectivity index (χ0) is 11.5. The highest BCUT2D eigenvalue weighted by Gasteiger charge is 2.14. The number of hydrogen-bond acceptors (Lipinski definition) is 3. The van der Waals surface area contributed by atoms with Crippen LogP contribution in [0, 0.1) is 0 Å². The van der Waals surface area contributed by atoms with Crippen LogP contribution in [0.5, 0.6) is 0 Å². The van der Waals surface area contributed by atoms with E-state index >= 15 is 0 Å². The number of aromatic nitrogens is 2. The molecule has 2 rings (SSSR count). The Bertz CT molecular complexity index is 525. The van der Waals surface area contributed by atoms with Gasteiger partial charge in [-0.05, 0) is 24.6 Å². The fraction of sp³-hybridized carbons (Fsp3) is 0.273. The second kappa shape index (κ2) is 4.93. The van der Waals surface area contributed by atoms with E-state index in [2.05, 4.69) is 26.7 Å². The molecule has 1 heterocycles. The lowest BCUT2D eigenvalue weighted by Gasteiger charge is -1.91. The van der Waals surface area contributed by atoms with Crippen LogP contribution in [0.25, 0.3) is 11.0 Å². The monoisotopic (exact) mass is 252 g/mol. The molecule has 1 aromatic carbocycles. The first-order valence-corrected chi connectivity index (χ1v) is 7.34. The zero-order valence-electron chi connectivity index (χ0n) is 9.52. The molecule has 0 spiro atoms. The van der Waals surface area contributed by atoms with Crippen LogP contribution in [-0.2, 0) is 7.05 Å². The highest BCUT2D eigenvalue weighted by molar-refractivity contribution is 8.38. The molecule has 0 aliphatic carbocycles. The van der Waals surface area contributed by atoms with Crippen molar-refractivity contribution in [3.63, 3.8) is 0 Å². The van der Waals surface area contributed by atoms with Crippen LogP contribution in [0.1, 0.15) is 0 Å². The Hall–Kier alpha value is -0.940. The van der Waals surface area contributed by atoms with Crippen molar-refractivity contribution < 1.29 is 4.57 Å². The summed E-state index contributed by atoms with van der Waals surface area (Å²) in [5.41, 5.74) is 2.29. The number of imidazole rings is 1. The van der Waals surface area contributed by atoms with E-state index in [4.69, 9.17) is 0 Å². The standard InChI is InChI=1S/C11H13N3S2/c1-14-9-7-5-4-6-8(9)12-10(14)13-11(15-2)16-3/h4-7H,1-3H3/p+1. The maximum Gasteiger partial charge on any atom is 0.398 e. The van der Waals surface area contributed by atoms with Crippen LogP contribution < -0.4 is 4.57 Å². The third-order valence-electron chi connectivity index (χ3n) is 2.38. The second-order valence-corrected chi connectivity index (χ2v) is 5.16. The van der Waals surface area contributed by atoms with E-state index in [-0.39, 0.29) is 0 Å². The first kappa shape index (κ1) is 11.5. The predicted molar refractivity (Wildman–Crippen MR) is 73.6 cm³/mol. The Morgan fingerprint density at radius 1 is 1.25 bits per heavy atom. The highest BCUT2D eigenvalue weighted by Crippen LogP contribution is 2.18. The van der Waals surface area contributed by atoms with Gasteiger partial charge in [-0.15, -0.1) is 0 Å². The summed E-state index contributed by atoms with van der Waals surface area (Å²) in [6.45, 7) is 0. The van der Waals surface area contributed by atoms with Gasteiger partial charge in [0.15, 0.2) is 0 Å². The molecule has 0 aliphatic heterocycles. The number of hydrogen-bond donors (Lipinski definition) is 1. The third-order valence-corrected chi connectivity index (χ3v) is 4.26. The molecule has 0 amide bonds. The van der Waals surface area contributed by atoms with Gasteiger partial charge in [-0.1, -0.05) is 40.6 Å². The number of nitrogens with zero attached hydrogens (tertiary/aromatic N) is 2. The molecule has 0 unspecified atom stereocenters. The Kier molecular flexibility index (Phi) is 3.56. The van der Waals surface area contributed by atoms with E-state index in [0.29, 0.717) is 0 Å². The van der Waals surface area contributed by atoms with Gasteiger partial charge in [0.2, 0.25) is 4.38 Å². The van der Waals surface area contributed by atoms with E-state index in [9.17, 15) is 0 Å². The molecular formula is C11H14N3S2+. The summed E-state index contributed by atoms with van der Waals surface area (Å²) in [5.74, 6) is 0.889. The second-order valence-electron chi connectivity index (χ2n) is 3.31. The van der Waals surface area contributed by atoms with Crippen LogP contribution in [0.15, 0.2) is 29.3 Å². The van der Waals surface area contributed by atoms with Crippen LogP contribution in [0.2, 0.25) is 0 Å². The fourth-order valence-corrected chi connectivity index (χ4v) is 2.58. The first-order chi connectivity index (χ1) is 7.76. The predicted octanol–water partition coefficient (Wildman–Crippen LogP) is 2.71. The number of aromatic amines is 1. The molecule has 3 nitrogen and oxygen atoms in total. The smallest absolute Gasteiger partial charge is 0.238 e. The minimum absolute atomic E-state index is 0.889. The topological polar surface area (TPSA) is 32.0 Å². The summed E-state index contributed by atoms with van der Waals surface area (Å²) in [4.78, 5) is 7.89. The minimum Gasteiger partial charge on any atom is -0.238 e. The quantitative estimate of drug-likeness (QED) is 0.481. The molecule has 0 fully saturated rings. The first-order valence-electron chi connectivity index (χ1n) is 4.89. The zero-order valence-corrected chi connectivity index (χ0v) is 11.2. The molecule has 1 aromatic heterocycles. The normalized spacial score (nSPS) is 10.7. The van der Waals surface area contributed by atoms with Crippen molar-refractivity contribution >= 4 is 44.9 Å². The third kappa shape index (κ3) is 2.10. The fourth-order valence-electron chi connectivity index (χ4n) is 1.55. The van der Waals surface area contributed by atoms with Gasteiger partial charge < -0.3 is 0 Å². The summed E-state index contributed by atoms with van der Waals surface area (Å²) >= 11 is 3.33. The number of nitrogens with one attached hydrogen (secondary N) is 1. The number of thioether (sulfide) groups is 2. The maximum absolute atomic E-state index is 4.58. The van der Waals surface area contributed by atoms with Gasteiger partial charge in [0.25, 0.3) is 0 Å². The Morgan fingerprint density at radius 2 is 1.94 bits per heavy atom. The number of H-pyrrole nitrogens is 1. The lowest BCUT2D eigenvalue weighted by molar-refractivity contribution is -0.631. The summed E-state index contributed by atoms with van der Waals surface area (Å²) in [5, 5.41) is 0. The van der Waals surface area contributed by atoms with Crippen molar-refractivity contribution in [2.75, 3.05) is 12.5 Å². The minimum atomic E-state index is 0.889. The van der Waals surface area contributed by atoms with Gasteiger partial charge in [-0.2, -0.15) is 0 Å². The number of aryl methyl sites for hydroxylation is 1. The summed E-state index contributed by atoms with van der Waals surface area (Å²) in [6, 6.07) is 8.21. The van der Waals surface area contributed by atoms with Gasteiger partial charge in [-0.3, -0.25) is 0 Å². The van der Waals surface area contributed by atoms with E-state index < -0.39 is 0 Å². The molecule has 1 N–H and O–H groups in total. The van der Waals surface area contributed by atoms with E-state index in [0.717, 1.165) is 15.8 Å². The van der Waals surface area contributed by atoms with E-state index in [1.54, 1.807) is 23.5 Å². The SMILES string of the molecule is CSC(=Nc1[nH]c2ccccc2[n+]1C)SC. The van der Waals surface area contributed by atoms with Crippen LogP contribution >= 0.6 is 23.5 Å². The van der Waals surface area contributed by atoms with E-state index in [1.807, 2.05) is 31.7 Å². The molecule has 0 atom stereocenters. The van der Waals surface area contributed by atoms with Crippen LogP contribution in [-0.4, -0.2) is 21.9 Å². The van der Waals surface area contributed by atoms with Crippen molar-refractivity contribution in [3.05, 3.63) is 24.3 Å². The molecule has 0 saturated carbocycles. The lowest BCUT2D eigenvalue weighted by atomic mass is 10.3. The highest BCUT2D eigenvalue weighted by atomic mass is 32.2. The largest absolute Gasteiger partial charge is 0.398 e. The maximum atomic E-state index is 4.58. The molecule has 16 heavy (non-hydrogen) atoms. The molecule has 0 aliphatic rings. The number of benzene rings is 1. The Balaban J connectivity index is 2.53. The van der Waals surface area contributed by atoms with Gasteiger partial charge in [0.05, 0.1) is 7.05 Å². The van der Waals surface area contributed by atoms with Crippen molar-refractivity contribution in [3.8, 4) is 0 Å². The molecular weight excluding hydrogens is 238 g/mol. The van der Waals surface area contributed by atoms with Crippen LogP contribution in [0.3, 0.4) is 0 Å². The molecule has 0 radical (unpaired) electrons. The van der Waals surface area contributed by atoms with Crippen molar-refractivity contribution in [1.82, 2.24) is 4.98 Å². The molecule has 84 valence electrons. The van der Waals surface area contributed by atoms with Crippen molar-refractivity contribution in [2.24, 2.45) is 12.0 Å². The van der Waals surface area contributed by atoms with Gasteiger partial charge in [-0.25, -0.2) is 9.55 Å². The Labute approximate surface area is 103 Å². The van der Waals surface area contributed by atoms with Gasteiger partial charge in [0.1, 0.15) is 11.0 Å². The summed E-state index contributed by atoms with van der Waals surface area (Å²) in [7, 11) is 2.02. The van der Waals surface area contributed by atoms with E-state index in [1.165, 1.54) is 5.52 Å². The number of para-hydroxylation sites is 2. The molecule has 5 heteroatoms. The van der Waals surface area contributed by atoms with Gasteiger partial charge >= 0.3 is 5.95 Å². The molecule has 0 bridgehead atoms. The molecule has 0 saturated heterocycles. The average molecular weight is 252 g/mol. The average Bonchev–Trinajstić information content (AvgIpc) is 2.64. The Morgan fingerprint density at radius 3 is 2.56 bits per heavy atom. The van der Waals surface area contributed by atoms with Crippen molar-refractivity contribution in [2.45, 2.75) is 0 Å². The summed E-state index contributed by atoms with van der Waals surface area (Å²) < 4.78 is 3.13. The van der Waals surface area contributed by atoms with Crippen LogP contribution in [0.4, 0.5) is 5.95 Å². The number of rotatable bonds is 1. The number of aliphatic imine (C=N–C) groups is 1. The van der Waals surface area contributed by atoms with Gasteiger partial charge in [0, 0.05) is 0 Å². The summed E-state index contributed by atoms with van der Waals surface area (Å²) in [6.07, 6.45) is 4.08.